The first kappa shape index (κ1) is 11.2. The van der Waals surface area contributed by atoms with Crippen LogP contribution < -0.4 is 4.90 Å². The SMILES string of the molecule is C=CCC1CCCN1c1ccccc1CO. The first-order valence-corrected chi connectivity index (χ1v) is 5.93. The van der Waals surface area contributed by atoms with E-state index in [0.29, 0.717) is 6.04 Å². The summed E-state index contributed by atoms with van der Waals surface area (Å²) in [5.74, 6) is 0. The van der Waals surface area contributed by atoms with E-state index in [1.807, 2.05) is 24.3 Å². The zero-order chi connectivity index (χ0) is 11.4. The first-order chi connectivity index (χ1) is 7.86. The lowest BCUT2D eigenvalue weighted by molar-refractivity contribution is 0.282. The van der Waals surface area contributed by atoms with Gasteiger partial charge < -0.3 is 10.0 Å². The summed E-state index contributed by atoms with van der Waals surface area (Å²) in [4.78, 5) is 2.41. The zero-order valence-electron chi connectivity index (χ0n) is 9.60. The Morgan fingerprint density at radius 2 is 2.25 bits per heavy atom. The van der Waals surface area contributed by atoms with Crippen molar-refractivity contribution in [1.82, 2.24) is 0 Å². The summed E-state index contributed by atoms with van der Waals surface area (Å²) in [5, 5.41) is 9.35. The molecule has 1 fully saturated rings. The maximum Gasteiger partial charge on any atom is 0.0702 e. The van der Waals surface area contributed by atoms with Crippen molar-refractivity contribution in [2.75, 3.05) is 11.4 Å². The Morgan fingerprint density at radius 1 is 1.44 bits per heavy atom. The molecule has 1 aromatic carbocycles. The third-order valence-corrected chi connectivity index (χ3v) is 3.29. The van der Waals surface area contributed by atoms with Crippen molar-refractivity contribution < 1.29 is 5.11 Å². The molecule has 1 aromatic rings. The largest absolute Gasteiger partial charge is 0.392 e. The summed E-state index contributed by atoms with van der Waals surface area (Å²) in [6.45, 7) is 5.03. The van der Waals surface area contributed by atoms with Crippen LogP contribution in [0.5, 0.6) is 0 Å². The van der Waals surface area contributed by atoms with Gasteiger partial charge in [0.15, 0.2) is 0 Å². The molecule has 1 unspecified atom stereocenters. The highest BCUT2D eigenvalue weighted by atomic mass is 16.3. The maximum atomic E-state index is 9.35. The number of aliphatic hydroxyl groups excluding tert-OH is 1. The molecule has 1 atom stereocenters. The van der Waals surface area contributed by atoms with Gasteiger partial charge in [-0.15, -0.1) is 6.58 Å². The number of rotatable bonds is 4. The van der Waals surface area contributed by atoms with Gasteiger partial charge in [-0.2, -0.15) is 0 Å². The van der Waals surface area contributed by atoms with E-state index in [1.165, 1.54) is 18.5 Å². The van der Waals surface area contributed by atoms with E-state index in [2.05, 4.69) is 17.5 Å². The van der Waals surface area contributed by atoms with Crippen molar-refractivity contribution in [3.05, 3.63) is 42.5 Å². The van der Waals surface area contributed by atoms with Crippen LogP contribution in [-0.2, 0) is 6.61 Å². The molecule has 1 aliphatic rings. The maximum absolute atomic E-state index is 9.35. The van der Waals surface area contributed by atoms with Gasteiger partial charge >= 0.3 is 0 Å². The third-order valence-electron chi connectivity index (χ3n) is 3.29. The van der Waals surface area contributed by atoms with E-state index in [4.69, 9.17) is 0 Å². The highest BCUT2D eigenvalue weighted by Crippen LogP contribution is 2.30. The second-order valence-electron chi connectivity index (χ2n) is 4.30. The van der Waals surface area contributed by atoms with E-state index in [1.54, 1.807) is 0 Å². The molecule has 0 aromatic heterocycles. The lowest BCUT2D eigenvalue weighted by Crippen LogP contribution is -2.29. The third kappa shape index (κ3) is 2.12. The molecule has 1 heterocycles. The monoisotopic (exact) mass is 217 g/mol. The fourth-order valence-corrected chi connectivity index (χ4v) is 2.52. The van der Waals surface area contributed by atoms with Crippen LogP contribution in [0.25, 0.3) is 0 Å². The van der Waals surface area contributed by atoms with Crippen LogP contribution in [0.2, 0.25) is 0 Å². The van der Waals surface area contributed by atoms with Crippen molar-refractivity contribution in [3.63, 3.8) is 0 Å². The molecular weight excluding hydrogens is 198 g/mol. The Labute approximate surface area is 97.2 Å². The van der Waals surface area contributed by atoms with Crippen LogP contribution >= 0.6 is 0 Å². The van der Waals surface area contributed by atoms with Crippen LogP contribution in [0.1, 0.15) is 24.8 Å². The van der Waals surface area contributed by atoms with Gasteiger partial charge in [0.05, 0.1) is 6.61 Å². The smallest absolute Gasteiger partial charge is 0.0702 e. The van der Waals surface area contributed by atoms with E-state index in [9.17, 15) is 5.11 Å². The number of nitrogens with zero attached hydrogens (tertiary/aromatic N) is 1. The van der Waals surface area contributed by atoms with Crippen LogP contribution in [0, 0.1) is 0 Å². The van der Waals surface area contributed by atoms with E-state index in [0.717, 1.165) is 18.5 Å². The quantitative estimate of drug-likeness (QED) is 0.784. The van der Waals surface area contributed by atoms with Crippen LogP contribution in [0.4, 0.5) is 5.69 Å². The van der Waals surface area contributed by atoms with Crippen molar-refractivity contribution in [2.24, 2.45) is 0 Å². The minimum Gasteiger partial charge on any atom is -0.392 e. The molecule has 1 aliphatic heterocycles. The summed E-state index contributed by atoms with van der Waals surface area (Å²) in [7, 11) is 0. The summed E-state index contributed by atoms with van der Waals surface area (Å²) >= 11 is 0. The van der Waals surface area contributed by atoms with Gasteiger partial charge in [-0.1, -0.05) is 24.3 Å². The second kappa shape index (κ2) is 5.17. The molecule has 0 amide bonds. The Kier molecular flexibility index (Phi) is 3.62. The fraction of sp³-hybridized carbons (Fsp3) is 0.429. The van der Waals surface area contributed by atoms with Crippen LogP contribution in [0.3, 0.4) is 0 Å². The lowest BCUT2D eigenvalue weighted by atomic mass is 10.1. The summed E-state index contributed by atoms with van der Waals surface area (Å²) < 4.78 is 0. The Bertz CT molecular complexity index is 362. The van der Waals surface area contributed by atoms with Crippen LogP contribution in [0.15, 0.2) is 36.9 Å². The minimum absolute atomic E-state index is 0.119. The number of hydrogen-bond donors (Lipinski definition) is 1. The van der Waals surface area contributed by atoms with Crippen molar-refractivity contribution >= 4 is 5.69 Å². The molecule has 0 saturated carbocycles. The first-order valence-electron chi connectivity index (χ1n) is 5.93. The Balaban J connectivity index is 2.24. The van der Waals surface area contributed by atoms with Crippen LogP contribution in [-0.4, -0.2) is 17.7 Å². The standard InChI is InChI=1S/C14H19NO/c1-2-6-13-8-5-10-15(13)14-9-4-3-7-12(14)11-16/h2-4,7,9,13,16H,1,5-6,8,10-11H2. The molecule has 0 bridgehead atoms. The Morgan fingerprint density at radius 3 is 3.00 bits per heavy atom. The Hall–Kier alpha value is -1.28. The number of aliphatic hydroxyl groups is 1. The summed E-state index contributed by atoms with van der Waals surface area (Å²) in [5.41, 5.74) is 2.22. The second-order valence-corrected chi connectivity index (χ2v) is 4.30. The number of para-hydroxylation sites is 1. The van der Waals surface area contributed by atoms with Gasteiger partial charge in [-0.3, -0.25) is 0 Å². The predicted octanol–water partition coefficient (Wildman–Crippen LogP) is 2.72. The zero-order valence-corrected chi connectivity index (χ0v) is 9.60. The summed E-state index contributed by atoms with van der Waals surface area (Å²) in [6, 6.07) is 8.68. The number of anilines is 1. The molecule has 2 nitrogen and oxygen atoms in total. The van der Waals surface area contributed by atoms with Gasteiger partial charge in [0.25, 0.3) is 0 Å². The molecule has 1 saturated heterocycles. The molecule has 0 aliphatic carbocycles. The molecule has 2 heteroatoms. The molecule has 2 rings (SSSR count). The normalized spacial score (nSPS) is 20.1. The van der Waals surface area contributed by atoms with Gasteiger partial charge in [0.1, 0.15) is 0 Å². The van der Waals surface area contributed by atoms with Gasteiger partial charge in [0.2, 0.25) is 0 Å². The average molecular weight is 217 g/mol. The average Bonchev–Trinajstić information content (AvgIpc) is 2.77. The molecular formula is C14H19NO. The van der Waals surface area contributed by atoms with Crippen molar-refractivity contribution in [2.45, 2.75) is 31.9 Å². The van der Waals surface area contributed by atoms with E-state index < -0.39 is 0 Å². The van der Waals surface area contributed by atoms with E-state index >= 15 is 0 Å². The molecule has 16 heavy (non-hydrogen) atoms. The van der Waals surface area contributed by atoms with Crippen molar-refractivity contribution in [1.29, 1.82) is 0 Å². The summed E-state index contributed by atoms with van der Waals surface area (Å²) in [6.07, 6.45) is 5.48. The molecule has 1 N–H and O–H groups in total. The highest BCUT2D eigenvalue weighted by Gasteiger charge is 2.24. The topological polar surface area (TPSA) is 23.5 Å². The fourth-order valence-electron chi connectivity index (χ4n) is 2.52. The number of benzene rings is 1. The molecule has 86 valence electrons. The van der Waals surface area contributed by atoms with Gasteiger partial charge in [-0.05, 0) is 25.3 Å². The molecule has 0 spiro atoms. The van der Waals surface area contributed by atoms with Gasteiger partial charge in [0, 0.05) is 23.8 Å². The molecule has 0 radical (unpaired) electrons. The lowest BCUT2D eigenvalue weighted by Gasteiger charge is -2.27. The predicted molar refractivity (Wildman–Crippen MR) is 67.5 cm³/mol. The van der Waals surface area contributed by atoms with Crippen molar-refractivity contribution in [3.8, 4) is 0 Å². The van der Waals surface area contributed by atoms with E-state index in [-0.39, 0.29) is 6.61 Å². The highest BCUT2D eigenvalue weighted by molar-refractivity contribution is 5.55. The van der Waals surface area contributed by atoms with Gasteiger partial charge in [-0.25, -0.2) is 0 Å². The minimum atomic E-state index is 0.119. The number of hydrogen-bond acceptors (Lipinski definition) is 2.